The van der Waals surface area contributed by atoms with Crippen LogP contribution >= 0.6 is 0 Å². The molecule has 0 unspecified atom stereocenters. The van der Waals surface area contributed by atoms with Gasteiger partial charge in [0.15, 0.2) is 0 Å². The van der Waals surface area contributed by atoms with Crippen LogP contribution < -0.4 is 0 Å². The van der Waals surface area contributed by atoms with Crippen LogP contribution in [0, 0.1) is 0 Å². The number of nitrogens with zero attached hydrogens (tertiary/aromatic N) is 4. The van der Waals surface area contributed by atoms with Crippen LogP contribution in [0.2, 0.25) is 0 Å². The molecule has 2 aliphatic heterocycles. The number of aromatic nitrogens is 1. The molecule has 1 N–H and O–H groups in total. The molecule has 1 atom stereocenters. The van der Waals surface area contributed by atoms with Crippen molar-refractivity contribution in [3.05, 3.63) is 36.0 Å². The monoisotopic (exact) mass is 412 g/mol. The maximum atomic E-state index is 9.75. The van der Waals surface area contributed by atoms with Gasteiger partial charge in [-0.1, -0.05) is 18.2 Å². The molecule has 5 heteroatoms. The van der Waals surface area contributed by atoms with Crippen LogP contribution in [0.1, 0.15) is 45.6 Å². The van der Waals surface area contributed by atoms with Crippen molar-refractivity contribution >= 4 is 10.9 Å². The maximum Gasteiger partial charge on any atom is 0.0483 e. The second kappa shape index (κ2) is 9.82. The number of hydrogen-bond donors (Lipinski definition) is 1. The first-order chi connectivity index (χ1) is 14.6. The fraction of sp³-hybridized carbons (Fsp3) is 0.680. The lowest BCUT2D eigenvalue weighted by Gasteiger charge is -2.48. The summed E-state index contributed by atoms with van der Waals surface area (Å²) < 4.78 is 2.37. The Morgan fingerprint density at radius 1 is 1.07 bits per heavy atom. The van der Waals surface area contributed by atoms with Crippen molar-refractivity contribution in [2.75, 3.05) is 39.3 Å². The lowest BCUT2D eigenvalue weighted by atomic mass is 9.97. The highest BCUT2D eigenvalue weighted by atomic mass is 16.3. The summed E-state index contributed by atoms with van der Waals surface area (Å²) in [5.74, 6) is 0. The Morgan fingerprint density at radius 3 is 2.53 bits per heavy atom. The second-order valence-electron chi connectivity index (χ2n) is 9.46. The molecule has 5 nitrogen and oxygen atoms in total. The van der Waals surface area contributed by atoms with E-state index in [4.69, 9.17) is 0 Å². The van der Waals surface area contributed by atoms with E-state index in [1.807, 2.05) is 0 Å². The fourth-order valence-electron chi connectivity index (χ4n) is 5.65. The Kier molecular flexibility index (Phi) is 7.14. The number of rotatable bonds is 7. The molecule has 0 radical (unpaired) electrons. The molecule has 1 aromatic carbocycles. The van der Waals surface area contributed by atoms with E-state index in [9.17, 15) is 5.11 Å². The Labute approximate surface area is 182 Å². The molecule has 0 spiro atoms. The van der Waals surface area contributed by atoms with Gasteiger partial charge in [-0.2, -0.15) is 0 Å². The number of likely N-dealkylation sites (tertiary alicyclic amines) is 1. The van der Waals surface area contributed by atoms with Crippen LogP contribution in [-0.2, 0) is 13.1 Å². The molecule has 3 heterocycles. The minimum Gasteiger partial charge on any atom is -0.396 e. The summed E-state index contributed by atoms with van der Waals surface area (Å²) in [7, 11) is 0. The third-order valence-corrected chi connectivity index (χ3v) is 7.38. The normalized spacial score (nSPS) is 23.0. The van der Waals surface area contributed by atoms with E-state index < -0.39 is 0 Å². The predicted molar refractivity (Wildman–Crippen MR) is 125 cm³/mol. The minimum absolute atomic E-state index is 0.287. The first-order valence-corrected chi connectivity index (χ1v) is 12.0. The molecule has 30 heavy (non-hydrogen) atoms. The van der Waals surface area contributed by atoms with Crippen LogP contribution in [-0.4, -0.2) is 81.8 Å². The zero-order valence-electron chi connectivity index (χ0n) is 19.1. The molecule has 2 aromatic rings. The fourth-order valence-corrected chi connectivity index (χ4v) is 5.65. The van der Waals surface area contributed by atoms with Crippen LogP contribution in [0.25, 0.3) is 10.9 Å². The summed E-state index contributed by atoms with van der Waals surface area (Å²) in [5.41, 5.74) is 2.78. The summed E-state index contributed by atoms with van der Waals surface area (Å²) in [5, 5.41) is 11.1. The van der Waals surface area contributed by atoms with Crippen molar-refractivity contribution < 1.29 is 5.11 Å². The number of piperazine rings is 1. The summed E-state index contributed by atoms with van der Waals surface area (Å²) in [6.07, 6.45) is 5.77. The second-order valence-corrected chi connectivity index (χ2v) is 9.46. The van der Waals surface area contributed by atoms with Gasteiger partial charge in [-0.25, -0.2) is 0 Å². The van der Waals surface area contributed by atoms with E-state index in [-0.39, 0.29) is 6.61 Å². The third-order valence-electron chi connectivity index (χ3n) is 7.38. The van der Waals surface area contributed by atoms with Gasteiger partial charge in [-0.3, -0.25) is 9.80 Å². The van der Waals surface area contributed by atoms with Gasteiger partial charge in [0.05, 0.1) is 0 Å². The van der Waals surface area contributed by atoms with E-state index in [2.05, 4.69) is 70.5 Å². The highest BCUT2D eigenvalue weighted by Crippen LogP contribution is 2.27. The number of piperidine rings is 1. The number of benzene rings is 1. The van der Waals surface area contributed by atoms with Crippen LogP contribution in [0.4, 0.5) is 0 Å². The van der Waals surface area contributed by atoms with Gasteiger partial charge in [0.1, 0.15) is 0 Å². The lowest BCUT2D eigenvalue weighted by Crippen LogP contribution is -2.58. The molecule has 0 aliphatic carbocycles. The van der Waals surface area contributed by atoms with E-state index in [0.29, 0.717) is 18.1 Å². The average Bonchev–Trinajstić information content (AvgIpc) is 3.12. The Hall–Kier alpha value is -1.40. The topological polar surface area (TPSA) is 34.9 Å². The van der Waals surface area contributed by atoms with Crippen molar-refractivity contribution in [2.24, 2.45) is 0 Å². The molecule has 2 aliphatic rings. The van der Waals surface area contributed by atoms with Gasteiger partial charge in [0.2, 0.25) is 0 Å². The molecule has 0 amide bonds. The quantitative estimate of drug-likeness (QED) is 0.756. The Balaban J connectivity index is 1.42. The summed E-state index contributed by atoms with van der Waals surface area (Å²) in [6, 6.07) is 10.6. The number of para-hydroxylation sites is 1. The number of hydrogen-bond acceptors (Lipinski definition) is 4. The molecule has 0 bridgehead atoms. The van der Waals surface area contributed by atoms with Gasteiger partial charge in [0.25, 0.3) is 0 Å². The largest absolute Gasteiger partial charge is 0.396 e. The van der Waals surface area contributed by atoms with Gasteiger partial charge in [-0.05, 0) is 64.8 Å². The van der Waals surface area contributed by atoms with Gasteiger partial charge < -0.3 is 14.6 Å². The zero-order valence-corrected chi connectivity index (χ0v) is 19.1. The molecular weight excluding hydrogens is 372 g/mol. The maximum absolute atomic E-state index is 9.75. The van der Waals surface area contributed by atoms with Crippen LogP contribution in [0.15, 0.2) is 30.5 Å². The first-order valence-electron chi connectivity index (χ1n) is 12.0. The molecular formula is C25H40N4O. The smallest absolute Gasteiger partial charge is 0.0483 e. The zero-order chi connectivity index (χ0) is 21.1. The molecule has 166 valence electrons. The summed E-state index contributed by atoms with van der Waals surface area (Å²) in [4.78, 5) is 7.96. The third kappa shape index (κ3) is 4.59. The minimum atomic E-state index is 0.287. The van der Waals surface area contributed by atoms with E-state index in [1.54, 1.807) is 0 Å². The predicted octanol–water partition coefficient (Wildman–Crippen LogP) is 3.40. The first kappa shape index (κ1) is 21.8. The van der Waals surface area contributed by atoms with Crippen molar-refractivity contribution in [1.29, 1.82) is 0 Å². The summed E-state index contributed by atoms with van der Waals surface area (Å²) in [6.45, 7) is 14.9. The summed E-state index contributed by atoms with van der Waals surface area (Å²) >= 11 is 0. The van der Waals surface area contributed by atoms with Crippen molar-refractivity contribution in [2.45, 2.75) is 71.2 Å². The highest BCUT2D eigenvalue weighted by molar-refractivity contribution is 5.83. The molecule has 1 aromatic heterocycles. The molecule has 2 fully saturated rings. The van der Waals surface area contributed by atoms with Crippen molar-refractivity contribution in [3.63, 3.8) is 0 Å². The number of aryl methyl sites for hydroxylation is 1. The highest BCUT2D eigenvalue weighted by Gasteiger charge is 2.34. The Morgan fingerprint density at radius 2 is 1.83 bits per heavy atom. The number of aliphatic hydroxyl groups is 1. The standard InChI is InChI=1S/C25H40N4O/c1-4-27-18-21(24-7-5-6-8-25(24)27)17-26-14-15-29(23(19-26)11-16-30)22-9-12-28(13-10-22)20(2)3/h5-8,18,20,22-23,30H,4,9-17,19H2,1-3H3/t23-/m1/s1. The van der Waals surface area contributed by atoms with Gasteiger partial charge in [0, 0.05) is 74.6 Å². The average molecular weight is 413 g/mol. The Bertz CT molecular complexity index is 809. The molecule has 0 saturated carbocycles. The van der Waals surface area contributed by atoms with Crippen molar-refractivity contribution in [1.82, 2.24) is 19.3 Å². The lowest BCUT2D eigenvalue weighted by molar-refractivity contribution is 0.0000625. The van der Waals surface area contributed by atoms with Crippen molar-refractivity contribution in [3.8, 4) is 0 Å². The number of aliphatic hydroxyl groups excluding tert-OH is 1. The molecule has 2 saturated heterocycles. The SMILES string of the molecule is CCn1cc(CN2CCN(C3CCN(C(C)C)CC3)[C@H](CCO)C2)c2ccccc21. The van der Waals surface area contributed by atoms with Crippen LogP contribution in [0.3, 0.4) is 0 Å². The van der Waals surface area contributed by atoms with Gasteiger partial charge >= 0.3 is 0 Å². The van der Waals surface area contributed by atoms with E-state index >= 15 is 0 Å². The molecule has 4 rings (SSSR count). The van der Waals surface area contributed by atoms with Gasteiger partial charge in [-0.15, -0.1) is 0 Å². The van der Waals surface area contributed by atoms with E-state index in [0.717, 1.165) is 39.1 Å². The van der Waals surface area contributed by atoms with Crippen LogP contribution in [0.5, 0.6) is 0 Å². The number of fused-ring (bicyclic) bond motifs is 1. The van der Waals surface area contributed by atoms with E-state index in [1.165, 1.54) is 42.4 Å².